The second kappa shape index (κ2) is 7.92. The Labute approximate surface area is 138 Å². The predicted octanol–water partition coefficient (Wildman–Crippen LogP) is 1.26. The second-order valence-electron chi connectivity index (χ2n) is 5.07. The van der Waals surface area contributed by atoms with Crippen molar-refractivity contribution in [2.75, 3.05) is 0 Å². The monoisotopic (exact) mass is 325 g/mol. The Balaban J connectivity index is 2.48. The van der Waals surface area contributed by atoms with Gasteiger partial charge in [0.2, 0.25) is 0 Å². The van der Waals surface area contributed by atoms with Crippen LogP contribution in [0.15, 0.2) is 76.1 Å². The summed E-state index contributed by atoms with van der Waals surface area (Å²) in [6.45, 7) is 7.23. The molecule has 2 rings (SSSR count). The zero-order chi connectivity index (χ0) is 17.5. The standard InChI is InChI=1S/C18H19N3O3/c1-3-12-19-16(22)20(13-4-2)18(24)21(17(19)23)14-8-11-15-9-6-5-7-10-15/h3-11H,1-2,12-14H2. The van der Waals surface area contributed by atoms with E-state index in [1.54, 1.807) is 6.08 Å². The zero-order valence-electron chi connectivity index (χ0n) is 13.3. The Morgan fingerprint density at radius 3 is 1.67 bits per heavy atom. The van der Waals surface area contributed by atoms with E-state index in [1.165, 1.54) is 12.2 Å². The number of rotatable bonds is 7. The smallest absolute Gasteiger partial charge is 0.247 e. The molecule has 0 atom stereocenters. The molecule has 0 N–H and O–H groups in total. The van der Waals surface area contributed by atoms with Crippen molar-refractivity contribution in [1.29, 1.82) is 0 Å². The third kappa shape index (κ3) is 3.60. The quantitative estimate of drug-likeness (QED) is 0.720. The minimum atomic E-state index is -0.659. The normalized spacial score (nSPS) is 10.8. The Morgan fingerprint density at radius 2 is 1.21 bits per heavy atom. The predicted molar refractivity (Wildman–Crippen MR) is 95.1 cm³/mol. The van der Waals surface area contributed by atoms with Gasteiger partial charge < -0.3 is 0 Å². The molecule has 0 aliphatic rings. The summed E-state index contributed by atoms with van der Waals surface area (Å²) in [5, 5.41) is 0. The molecule has 0 bridgehead atoms. The van der Waals surface area contributed by atoms with Gasteiger partial charge in [-0.05, 0) is 5.56 Å². The van der Waals surface area contributed by atoms with Crippen LogP contribution in [0.3, 0.4) is 0 Å². The van der Waals surface area contributed by atoms with E-state index in [2.05, 4.69) is 13.2 Å². The molecular formula is C18H19N3O3. The maximum absolute atomic E-state index is 12.4. The number of aromatic nitrogens is 3. The van der Waals surface area contributed by atoms with Gasteiger partial charge in [-0.2, -0.15) is 0 Å². The van der Waals surface area contributed by atoms with Crippen molar-refractivity contribution >= 4 is 6.08 Å². The molecule has 124 valence electrons. The van der Waals surface area contributed by atoms with Gasteiger partial charge in [-0.15, -0.1) is 13.2 Å². The molecule has 0 aliphatic heterocycles. The number of benzene rings is 1. The summed E-state index contributed by atoms with van der Waals surface area (Å²) in [7, 11) is 0. The first kappa shape index (κ1) is 17.2. The van der Waals surface area contributed by atoms with Crippen LogP contribution in [-0.2, 0) is 19.6 Å². The van der Waals surface area contributed by atoms with Crippen LogP contribution in [0, 0.1) is 0 Å². The molecule has 6 heteroatoms. The number of nitrogens with zero attached hydrogens (tertiary/aromatic N) is 3. The van der Waals surface area contributed by atoms with Crippen molar-refractivity contribution in [3.8, 4) is 0 Å². The topological polar surface area (TPSA) is 66.0 Å². The van der Waals surface area contributed by atoms with Gasteiger partial charge in [-0.25, -0.2) is 28.1 Å². The summed E-state index contributed by atoms with van der Waals surface area (Å²) in [6, 6.07) is 9.52. The lowest BCUT2D eigenvalue weighted by atomic mass is 10.2. The first-order valence-corrected chi connectivity index (χ1v) is 7.48. The molecule has 1 aromatic carbocycles. The van der Waals surface area contributed by atoms with E-state index in [4.69, 9.17) is 0 Å². The maximum atomic E-state index is 12.4. The Kier molecular flexibility index (Phi) is 5.68. The molecule has 6 nitrogen and oxygen atoms in total. The Morgan fingerprint density at radius 1 is 0.750 bits per heavy atom. The van der Waals surface area contributed by atoms with Gasteiger partial charge in [0, 0.05) is 0 Å². The summed E-state index contributed by atoms with van der Waals surface area (Å²) in [5.41, 5.74) is -1.00. The SMILES string of the molecule is C=CCn1c(=O)n(CC=C)c(=O)n(CC=Cc2ccccc2)c1=O. The van der Waals surface area contributed by atoms with Crippen molar-refractivity contribution < 1.29 is 0 Å². The van der Waals surface area contributed by atoms with Crippen LogP contribution in [0.1, 0.15) is 5.56 Å². The fourth-order valence-electron chi connectivity index (χ4n) is 2.27. The van der Waals surface area contributed by atoms with Crippen LogP contribution < -0.4 is 17.1 Å². The van der Waals surface area contributed by atoms with Gasteiger partial charge in [0.15, 0.2) is 0 Å². The van der Waals surface area contributed by atoms with Gasteiger partial charge >= 0.3 is 17.1 Å². The minimum Gasteiger partial charge on any atom is -0.247 e. The van der Waals surface area contributed by atoms with Crippen LogP contribution in [0.5, 0.6) is 0 Å². The molecule has 0 saturated carbocycles. The first-order chi connectivity index (χ1) is 11.6. The highest BCUT2D eigenvalue weighted by molar-refractivity contribution is 5.48. The highest BCUT2D eigenvalue weighted by atomic mass is 16.2. The molecular weight excluding hydrogens is 306 g/mol. The molecule has 0 fully saturated rings. The summed E-state index contributed by atoms with van der Waals surface area (Å²) in [6.07, 6.45) is 6.40. The molecule has 0 aliphatic carbocycles. The molecule has 1 aromatic heterocycles. The second-order valence-corrected chi connectivity index (χ2v) is 5.07. The summed E-state index contributed by atoms with van der Waals surface area (Å²) >= 11 is 0. The van der Waals surface area contributed by atoms with Crippen molar-refractivity contribution in [3.63, 3.8) is 0 Å². The van der Waals surface area contributed by atoms with Crippen molar-refractivity contribution in [3.05, 3.63) is 98.7 Å². The van der Waals surface area contributed by atoms with Crippen LogP contribution in [0.25, 0.3) is 6.08 Å². The van der Waals surface area contributed by atoms with E-state index in [0.717, 1.165) is 19.3 Å². The van der Waals surface area contributed by atoms with Crippen LogP contribution in [-0.4, -0.2) is 13.7 Å². The molecule has 0 unspecified atom stereocenters. The molecule has 1 heterocycles. The average Bonchev–Trinajstić information content (AvgIpc) is 2.59. The molecule has 0 spiro atoms. The van der Waals surface area contributed by atoms with Crippen molar-refractivity contribution in [2.24, 2.45) is 0 Å². The maximum Gasteiger partial charge on any atom is 0.336 e. The summed E-state index contributed by atoms with van der Waals surface area (Å²) in [4.78, 5) is 37.0. The lowest BCUT2D eigenvalue weighted by molar-refractivity contribution is 0.502. The van der Waals surface area contributed by atoms with Gasteiger partial charge in [0.25, 0.3) is 0 Å². The van der Waals surface area contributed by atoms with Gasteiger partial charge in [-0.3, -0.25) is 0 Å². The van der Waals surface area contributed by atoms with Gasteiger partial charge in [-0.1, -0.05) is 54.6 Å². The van der Waals surface area contributed by atoms with E-state index in [1.807, 2.05) is 36.4 Å². The van der Waals surface area contributed by atoms with E-state index in [-0.39, 0.29) is 19.6 Å². The fourth-order valence-corrected chi connectivity index (χ4v) is 2.27. The molecule has 0 saturated heterocycles. The van der Waals surface area contributed by atoms with E-state index in [0.29, 0.717) is 0 Å². The van der Waals surface area contributed by atoms with Crippen LogP contribution >= 0.6 is 0 Å². The van der Waals surface area contributed by atoms with Gasteiger partial charge in [0.1, 0.15) is 0 Å². The molecule has 0 amide bonds. The molecule has 0 radical (unpaired) electrons. The number of hydrogen-bond acceptors (Lipinski definition) is 3. The number of hydrogen-bond donors (Lipinski definition) is 0. The summed E-state index contributed by atoms with van der Waals surface area (Å²) < 4.78 is 2.98. The highest BCUT2D eigenvalue weighted by Gasteiger charge is 2.12. The lowest BCUT2D eigenvalue weighted by Gasteiger charge is -2.10. The lowest BCUT2D eigenvalue weighted by Crippen LogP contribution is -2.54. The third-order valence-electron chi connectivity index (χ3n) is 3.41. The first-order valence-electron chi connectivity index (χ1n) is 7.48. The Bertz CT molecular complexity index is 882. The van der Waals surface area contributed by atoms with Crippen molar-refractivity contribution in [1.82, 2.24) is 13.7 Å². The fraction of sp³-hybridized carbons (Fsp3) is 0.167. The van der Waals surface area contributed by atoms with Crippen molar-refractivity contribution in [2.45, 2.75) is 19.6 Å². The van der Waals surface area contributed by atoms with E-state index >= 15 is 0 Å². The largest absolute Gasteiger partial charge is 0.336 e. The Hall–Kier alpha value is -3.15. The zero-order valence-corrected chi connectivity index (χ0v) is 13.3. The molecule has 24 heavy (non-hydrogen) atoms. The van der Waals surface area contributed by atoms with Crippen LogP contribution in [0.4, 0.5) is 0 Å². The van der Waals surface area contributed by atoms with E-state index in [9.17, 15) is 14.4 Å². The highest BCUT2D eigenvalue weighted by Crippen LogP contribution is 2.00. The van der Waals surface area contributed by atoms with Crippen LogP contribution in [0.2, 0.25) is 0 Å². The average molecular weight is 325 g/mol. The molecule has 2 aromatic rings. The minimum absolute atomic E-state index is 0.0392. The third-order valence-corrected chi connectivity index (χ3v) is 3.41. The van der Waals surface area contributed by atoms with Gasteiger partial charge in [0.05, 0.1) is 19.6 Å². The summed E-state index contributed by atoms with van der Waals surface area (Å²) in [5.74, 6) is 0. The van der Waals surface area contributed by atoms with E-state index < -0.39 is 17.1 Å². The number of allylic oxidation sites excluding steroid dienone is 3.